The van der Waals surface area contributed by atoms with Crippen LogP contribution in [-0.2, 0) is 19.1 Å². The molecule has 1 aliphatic rings. The summed E-state index contributed by atoms with van der Waals surface area (Å²) in [5.74, 6) is -3.10. The fraction of sp³-hybridized carbons (Fsp3) is 0.643. The van der Waals surface area contributed by atoms with E-state index >= 15 is 0 Å². The second kappa shape index (κ2) is 7.59. The third kappa shape index (κ3) is 3.25. The molecule has 0 spiro atoms. The summed E-state index contributed by atoms with van der Waals surface area (Å²) in [6.45, 7) is 2.29. The smallest absolute Gasteiger partial charge is 0.259 e. The van der Waals surface area contributed by atoms with Crippen LogP contribution in [-0.4, -0.2) is 68.3 Å². The maximum atomic E-state index is 12.3. The molecule has 0 saturated heterocycles. The van der Waals surface area contributed by atoms with Crippen molar-refractivity contribution >= 4 is 17.3 Å². The number of carbonyl (C=O) groups excluding carboxylic acids is 3. The number of carbonyl (C=O) groups is 3. The van der Waals surface area contributed by atoms with E-state index in [0.29, 0.717) is 19.1 Å². The Morgan fingerprint density at radius 2 is 1.77 bits per heavy atom. The summed E-state index contributed by atoms with van der Waals surface area (Å²) in [6, 6.07) is 0. The van der Waals surface area contributed by atoms with E-state index in [1.54, 1.807) is 0 Å². The van der Waals surface area contributed by atoms with Gasteiger partial charge in [-0.3, -0.25) is 14.4 Å². The van der Waals surface area contributed by atoms with Crippen molar-refractivity contribution in [2.45, 2.75) is 49.6 Å². The minimum Gasteiger partial charge on any atom is -0.476 e. The van der Waals surface area contributed by atoms with E-state index in [0.717, 1.165) is 0 Å². The third-order valence-corrected chi connectivity index (χ3v) is 3.65. The fourth-order valence-electron chi connectivity index (χ4n) is 2.38. The van der Waals surface area contributed by atoms with Crippen molar-refractivity contribution in [3.05, 3.63) is 12.8 Å². The molecule has 8 heteroatoms. The van der Waals surface area contributed by atoms with E-state index in [1.807, 2.05) is 0 Å². The monoisotopic (exact) mass is 316 g/mol. The van der Waals surface area contributed by atoms with Gasteiger partial charge in [0, 0.05) is 12.8 Å². The second-order valence-corrected chi connectivity index (χ2v) is 5.09. The Kier molecular flexibility index (Phi) is 6.36. The Morgan fingerprint density at radius 3 is 2.32 bits per heavy atom. The molecule has 0 radical (unpaired) electrons. The molecular weight excluding hydrogens is 296 g/mol. The van der Waals surface area contributed by atoms with Crippen molar-refractivity contribution in [2.75, 3.05) is 6.61 Å². The number of aliphatic hydroxyl groups is 4. The van der Waals surface area contributed by atoms with Gasteiger partial charge in [-0.05, 0) is 12.8 Å². The predicted octanol–water partition coefficient (Wildman–Crippen LogP) is -1.76. The van der Waals surface area contributed by atoms with E-state index in [9.17, 15) is 29.7 Å². The molecule has 0 aliphatic heterocycles. The quantitative estimate of drug-likeness (QED) is 0.256. The van der Waals surface area contributed by atoms with Crippen LogP contribution in [0.2, 0.25) is 0 Å². The molecule has 1 saturated carbocycles. The van der Waals surface area contributed by atoms with Crippen LogP contribution in [0.4, 0.5) is 0 Å². The summed E-state index contributed by atoms with van der Waals surface area (Å²) in [5, 5.41) is 38.3. The molecule has 1 rings (SSSR count). The summed E-state index contributed by atoms with van der Waals surface area (Å²) in [4.78, 5) is 36.5. The molecule has 22 heavy (non-hydrogen) atoms. The van der Waals surface area contributed by atoms with Crippen LogP contribution in [0.3, 0.4) is 0 Å². The van der Waals surface area contributed by atoms with Crippen LogP contribution < -0.4 is 0 Å². The van der Waals surface area contributed by atoms with E-state index in [1.165, 1.54) is 0 Å². The van der Waals surface area contributed by atoms with Crippen LogP contribution in [0, 0.1) is 0 Å². The zero-order chi connectivity index (χ0) is 16.9. The van der Waals surface area contributed by atoms with Gasteiger partial charge in [0.25, 0.3) is 11.4 Å². The van der Waals surface area contributed by atoms with Crippen molar-refractivity contribution in [1.29, 1.82) is 0 Å². The lowest BCUT2D eigenvalue weighted by molar-refractivity contribution is -0.184. The predicted molar refractivity (Wildman–Crippen MR) is 72.6 cm³/mol. The van der Waals surface area contributed by atoms with E-state index in [-0.39, 0.29) is 12.8 Å². The number of aliphatic hydroxyl groups excluding tert-OH is 4. The maximum Gasteiger partial charge on any atom is 0.259 e. The Morgan fingerprint density at radius 1 is 1.18 bits per heavy atom. The van der Waals surface area contributed by atoms with E-state index in [2.05, 4.69) is 6.58 Å². The number of ether oxygens (including phenoxy) is 1. The average molecular weight is 316 g/mol. The van der Waals surface area contributed by atoms with E-state index in [4.69, 9.17) is 9.84 Å². The zero-order valence-electron chi connectivity index (χ0n) is 12.0. The normalized spacial score (nSPS) is 27.5. The van der Waals surface area contributed by atoms with Gasteiger partial charge in [0.2, 0.25) is 5.78 Å². The SMILES string of the molecule is C=CO[C@@]1([C@@H](O)[C@@H](O)[C@H](O)CO)C(=O)CCCCC(=O)C1=O. The van der Waals surface area contributed by atoms with E-state index < -0.39 is 47.9 Å². The largest absolute Gasteiger partial charge is 0.476 e. The first-order valence-corrected chi connectivity index (χ1v) is 6.87. The molecule has 8 nitrogen and oxygen atoms in total. The summed E-state index contributed by atoms with van der Waals surface area (Å²) in [7, 11) is 0. The highest BCUT2D eigenvalue weighted by Gasteiger charge is 2.58. The van der Waals surface area contributed by atoms with Crippen LogP contribution in [0.15, 0.2) is 12.8 Å². The lowest BCUT2D eigenvalue weighted by Crippen LogP contribution is -2.65. The molecule has 0 aromatic rings. The van der Waals surface area contributed by atoms with Crippen LogP contribution in [0.1, 0.15) is 25.7 Å². The molecule has 4 atom stereocenters. The second-order valence-electron chi connectivity index (χ2n) is 5.09. The highest BCUT2D eigenvalue weighted by atomic mass is 16.5. The van der Waals surface area contributed by atoms with Gasteiger partial charge in [-0.25, -0.2) is 0 Å². The Labute approximate surface area is 127 Å². The first kappa shape index (κ1) is 18.4. The maximum absolute atomic E-state index is 12.3. The lowest BCUT2D eigenvalue weighted by atomic mass is 9.77. The van der Waals surface area contributed by atoms with Crippen LogP contribution >= 0.6 is 0 Å². The molecule has 0 aromatic carbocycles. The van der Waals surface area contributed by atoms with Crippen molar-refractivity contribution in [3.63, 3.8) is 0 Å². The number of Topliss-reactive ketones (excluding diaryl/α,β-unsaturated/α-hetero) is 3. The van der Waals surface area contributed by atoms with Gasteiger partial charge in [0.1, 0.15) is 18.3 Å². The van der Waals surface area contributed by atoms with Crippen molar-refractivity contribution in [1.82, 2.24) is 0 Å². The van der Waals surface area contributed by atoms with Gasteiger partial charge >= 0.3 is 0 Å². The van der Waals surface area contributed by atoms with Crippen molar-refractivity contribution in [2.24, 2.45) is 0 Å². The lowest BCUT2D eigenvalue weighted by Gasteiger charge is -2.37. The van der Waals surface area contributed by atoms with Gasteiger partial charge in [-0.1, -0.05) is 6.58 Å². The minimum absolute atomic E-state index is 0.111. The van der Waals surface area contributed by atoms with Gasteiger partial charge in [-0.2, -0.15) is 0 Å². The molecule has 1 aliphatic carbocycles. The van der Waals surface area contributed by atoms with Gasteiger partial charge in [0.15, 0.2) is 5.78 Å². The first-order valence-electron chi connectivity index (χ1n) is 6.87. The minimum atomic E-state index is -2.66. The summed E-state index contributed by atoms with van der Waals surface area (Å²) >= 11 is 0. The topological polar surface area (TPSA) is 141 Å². The standard InChI is InChI=1S/C14H20O8/c1-2-22-14(13(21)11(19)9(17)7-15)10(18)6-4-3-5-8(16)12(14)20/h2,9,11,13,15,17,19,21H,1,3-7H2/t9-,11+,13+,14+/m1/s1. The molecule has 0 unspecified atom stereocenters. The van der Waals surface area contributed by atoms with Crippen LogP contribution in [0.25, 0.3) is 0 Å². The molecule has 124 valence electrons. The Balaban J connectivity index is 3.33. The van der Waals surface area contributed by atoms with Gasteiger partial charge in [-0.15, -0.1) is 0 Å². The molecule has 0 amide bonds. The highest BCUT2D eigenvalue weighted by Crippen LogP contribution is 2.29. The number of ketones is 3. The Bertz CT molecular complexity index is 460. The molecule has 4 N–H and O–H groups in total. The summed E-state index contributed by atoms with van der Waals surface area (Å²) in [6.07, 6.45) is -5.00. The molecule has 1 fully saturated rings. The number of hydrogen-bond acceptors (Lipinski definition) is 8. The summed E-state index contributed by atoms with van der Waals surface area (Å²) < 4.78 is 4.92. The van der Waals surface area contributed by atoms with Crippen LogP contribution in [0.5, 0.6) is 0 Å². The van der Waals surface area contributed by atoms with Gasteiger partial charge in [0.05, 0.1) is 12.9 Å². The molecular formula is C14H20O8. The Hall–Kier alpha value is -1.61. The highest BCUT2D eigenvalue weighted by molar-refractivity contribution is 6.45. The molecule has 0 heterocycles. The summed E-state index contributed by atoms with van der Waals surface area (Å²) in [5.41, 5.74) is -2.66. The van der Waals surface area contributed by atoms with Crippen molar-refractivity contribution < 1.29 is 39.5 Å². The van der Waals surface area contributed by atoms with Gasteiger partial charge < -0.3 is 25.2 Å². The number of hydrogen-bond donors (Lipinski definition) is 4. The van der Waals surface area contributed by atoms with Crippen molar-refractivity contribution in [3.8, 4) is 0 Å². The first-order chi connectivity index (χ1) is 10.3. The average Bonchev–Trinajstić information content (AvgIpc) is 2.52. The third-order valence-electron chi connectivity index (χ3n) is 3.65. The number of rotatable bonds is 6. The molecule has 0 bridgehead atoms. The zero-order valence-corrected chi connectivity index (χ0v) is 12.0. The molecule has 0 aromatic heterocycles. The fourth-order valence-corrected chi connectivity index (χ4v) is 2.38.